The molecule has 0 unspecified atom stereocenters. The number of ether oxygens (including phenoxy) is 1. The van der Waals surface area contributed by atoms with Crippen LogP contribution in [0.5, 0.6) is 0 Å². The first kappa shape index (κ1) is 19.6. The van der Waals surface area contributed by atoms with Crippen molar-refractivity contribution in [1.82, 2.24) is 4.90 Å². The van der Waals surface area contributed by atoms with Crippen molar-refractivity contribution in [1.29, 1.82) is 0 Å². The molecule has 1 aromatic carbocycles. The summed E-state index contributed by atoms with van der Waals surface area (Å²) in [5.74, 6) is -1.31. The maximum atomic E-state index is 12.1. The number of amides is 1. The third-order valence-electron chi connectivity index (χ3n) is 3.60. The Labute approximate surface area is 148 Å². The van der Waals surface area contributed by atoms with Crippen molar-refractivity contribution < 1.29 is 37.0 Å². The van der Waals surface area contributed by atoms with Crippen molar-refractivity contribution in [2.45, 2.75) is 25.2 Å². The van der Waals surface area contributed by atoms with Gasteiger partial charge in [-0.2, -0.15) is 8.42 Å². The molecule has 1 fully saturated rings. The van der Waals surface area contributed by atoms with E-state index in [9.17, 15) is 33.2 Å². The first-order valence-corrected chi connectivity index (χ1v) is 9.16. The Balaban J connectivity index is 2.00. The largest absolute Gasteiger partial charge is 0.480 e. The van der Waals surface area contributed by atoms with Crippen molar-refractivity contribution in [3.63, 3.8) is 0 Å². The van der Waals surface area contributed by atoms with Gasteiger partial charge in [0.15, 0.2) is 0 Å². The fraction of sp³-hybridized carbons (Fsp3) is 0.429. The van der Waals surface area contributed by atoms with E-state index in [2.05, 4.69) is 0 Å². The van der Waals surface area contributed by atoms with Gasteiger partial charge >= 0.3 is 12.1 Å². The minimum Gasteiger partial charge on any atom is -0.480 e. The lowest BCUT2D eigenvalue weighted by molar-refractivity contribution is -0.384. The molecule has 1 aromatic rings. The van der Waals surface area contributed by atoms with Crippen LogP contribution in [0.3, 0.4) is 0 Å². The summed E-state index contributed by atoms with van der Waals surface area (Å²) in [5.41, 5.74) is 0.352. The maximum absolute atomic E-state index is 12.1. The van der Waals surface area contributed by atoms with Crippen molar-refractivity contribution in [3.05, 3.63) is 39.9 Å². The van der Waals surface area contributed by atoms with Crippen LogP contribution in [0.15, 0.2) is 24.3 Å². The summed E-state index contributed by atoms with van der Waals surface area (Å²) < 4.78 is 32.1. The molecule has 11 nitrogen and oxygen atoms in total. The lowest BCUT2D eigenvalue weighted by Crippen LogP contribution is -2.40. The predicted molar refractivity (Wildman–Crippen MR) is 85.7 cm³/mol. The van der Waals surface area contributed by atoms with E-state index in [1.165, 1.54) is 24.3 Å². The van der Waals surface area contributed by atoms with Crippen LogP contribution in [-0.4, -0.2) is 60.4 Å². The SMILES string of the molecule is CS(=O)(=O)O[C@H]1C[C@@H](C(=O)O)N(C(=O)OCc2ccc([N+](=O)[O-])cc2)C1. The molecule has 0 aliphatic carbocycles. The van der Waals surface area contributed by atoms with Gasteiger partial charge in [0.2, 0.25) is 0 Å². The van der Waals surface area contributed by atoms with E-state index in [1.807, 2.05) is 0 Å². The van der Waals surface area contributed by atoms with Gasteiger partial charge in [-0.15, -0.1) is 0 Å². The Morgan fingerprint density at radius 3 is 2.46 bits per heavy atom. The van der Waals surface area contributed by atoms with E-state index in [4.69, 9.17) is 8.92 Å². The van der Waals surface area contributed by atoms with Crippen LogP contribution in [0.25, 0.3) is 0 Å². The highest BCUT2D eigenvalue weighted by molar-refractivity contribution is 7.86. The van der Waals surface area contributed by atoms with Gasteiger partial charge in [0.05, 0.1) is 23.8 Å². The van der Waals surface area contributed by atoms with Crippen LogP contribution in [0.1, 0.15) is 12.0 Å². The smallest absolute Gasteiger partial charge is 0.410 e. The zero-order valence-electron chi connectivity index (χ0n) is 13.6. The first-order chi connectivity index (χ1) is 12.1. The number of likely N-dealkylation sites (tertiary alicyclic amines) is 1. The first-order valence-electron chi connectivity index (χ1n) is 7.34. The second-order valence-corrected chi connectivity index (χ2v) is 7.24. The number of hydrogen-bond acceptors (Lipinski definition) is 8. The lowest BCUT2D eigenvalue weighted by atomic mass is 10.2. The molecule has 0 spiro atoms. The quantitative estimate of drug-likeness (QED) is 0.422. The molecule has 0 radical (unpaired) electrons. The van der Waals surface area contributed by atoms with Crippen LogP contribution < -0.4 is 0 Å². The maximum Gasteiger partial charge on any atom is 0.410 e. The fourth-order valence-corrected chi connectivity index (χ4v) is 3.13. The van der Waals surface area contributed by atoms with Crippen LogP contribution in [0.2, 0.25) is 0 Å². The summed E-state index contributed by atoms with van der Waals surface area (Å²) in [6.07, 6.45) is -1.28. The number of non-ortho nitro benzene ring substituents is 1. The minimum absolute atomic E-state index is 0.119. The second kappa shape index (κ2) is 7.66. The molecule has 1 amide bonds. The molecule has 2 atom stereocenters. The summed E-state index contributed by atoms with van der Waals surface area (Å²) >= 11 is 0. The van der Waals surface area contributed by atoms with Crippen LogP contribution in [0, 0.1) is 10.1 Å². The van der Waals surface area contributed by atoms with Gasteiger partial charge < -0.3 is 9.84 Å². The Hall–Kier alpha value is -2.73. The molecule has 12 heteroatoms. The minimum atomic E-state index is -3.80. The number of rotatable bonds is 6. The van der Waals surface area contributed by atoms with E-state index in [0.29, 0.717) is 5.56 Å². The molecule has 26 heavy (non-hydrogen) atoms. The topological polar surface area (TPSA) is 153 Å². The van der Waals surface area contributed by atoms with Crippen molar-refractivity contribution in [2.24, 2.45) is 0 Å². The molecule has 2 rings (SSSR count). The second-order valence-electron chi connectivity index (χ2n) is 5.64. The Morgan fingerprint density at radius 2 is 1.96 bits per heavy atom. The number of nitrogens with zero attached hydrogens (tertiary/aromatic N) is 2. The average Bonchev–Trinajstić information content (AvgIpc) is 2.95. The highest BCUT2D eigenvalue weighted by atomic mass is 32.2. The molecule has 0 saturated carbocycles. The summed E-state index contributed by atoms with van der Waals surface area (Å²) in [5, 5.41) is 19.8. The van der Waals surface area contributed by atoms with E-state index in [-0.39, 0.29) is 25.3 Å². The molecule has 1 N–H and O–H groups in total. The average molecular weight is 388 g/mol. The Morgan fingerprint density at radius 1 is 1.35 bits per heavy atom. The number of carbonyl (C=O) groups is 2. The molecular formula is C14H16N2O9S. The zero-order chi connectivity index (χ0) is 19.5. The number of benzene rings is 1. The van der Waals surface area contributed by atoms with Gasteiger partial charge in [-0.1, -0.05) is 0 Å². The van der Waals surface area contributed by atoms with Crippen LogP contribution in [0.4, 0.5) is 10.5 Å². The zero-order valence-corrected chi connectivity index (χ0v) is 14.4. The van der Waals surface area contributed by atoms with Gasteiger partial charge in [0.25, 0.3) is 15.8 Å². The number of aliphatic carboxylic acids is 1. The summed E-state index contributed by atoms with van der Waals surface area (Å²) in [7, 11) is -3.80. The molecule has 1 heterocycles. The van der Waals surface area contributed by atoms with Crippen LogP contribution in [-0.2, 0) is 30.4 Å². The third kappa shape index (κ3) is 5.13. The summed E-state index contributed by atoms with van der Waals surface area (Å²) in [6, 6.07) is 4.02. The van der Waals surface area contributed by atoms with Gasteiger partial charge in [-0.3, -0.25) is 19.2 Å². The summed E-state index contributed by atoms with van der Waals surface area (Å²) in [6.45, 7) is -0.472. The molecule has 0 bridgehead atoms. The normalized spacial score (nSPS) is 20.0. The van der Waals surface area contributed by atoms with Crippen molar-refractivity contribution in [3.8, 4) is 0 Å². The van der Waals surface area contributed by atoms with E-state index >= 15 is 0 Å². The number of hydrogen-bond donors (Lipinski definition) is 1. The molecule has 1 saturated heterocycles. The van der Waals surface area contributed by atoms with Gasteiger partial charge in [0, 0.05) is 18.6 Å². The van der Waals surface area contributed by atoms with Crippen LogP contribution >= 0.6 is 0 Å². The van der Waals surface area contributed by atoms with Gasteiger partial charge in [-0.25, -0.2) is 9.59 Å². The Kier molecular flexibility index (Phi) is 5.77. The highest BCUT2D eigenvalue weighted by Gasteiger charge is 2.42. The van der Waals surface area contributed by atoms with E-state index in [0.717, 1.165) is 11.2 Å². The number of carboxylic acids is 1. The van der Waals surface area contributed by atoms with Crippen molar-refractivity contribution >= 4 is 27.9 Å². The fourth-order valence-electron chi connectivity index (χ4n) is 2.49. The predicted octanol–water partition coefficient (Wildman–Crippen LogP) is 0.735. The highest BCUT2D eigenvalue weighted by Crippen LogP contribution is 2.23. The standard InChI is InChI=1S/C14H16N2O9S/c1-26(22,23)25-11-6-12(13(17)18)15(7-11)14(19)24-8-9-2-4-10(5-3-9)16(20)21/h2-5,11-12H,6-8H2,1H3,(H,17,18)/t11-,12-/m0/s1. The number of carbonyl (C=O) groups excluding carboxylic acids is 1. The molecule has 1 aliphatic rings. The van der Waals surface area contributed by atoms with Gasteiger partial charge in [0.1, 0.15) is 12.6 Å². The third-order valence-corrected chi connectivity index (χ3v) is 4.22. The molecular weight excluding hydrogens is 372 g/mol. The number of carboxylic acid groups (broad SMARTS) is 1. The number of nitro benzene ring substituents is 1. The van der Waals surface area contributed by atoms with E-state index in [1.54, 1.807) is 0 Å². The monoisotopic (exact) mass is 388 g/mol. The molecule has 1 aliphatic heterocycles. The summed E-state index contributed by atoms with van der Waals surface area (Å²) in [4.78, 5) is 34.3. The lowest BCUT2D eigenvalue weighted by Gasteiger charge is -2.20. The van der Waals surface area contributed by atoms with E-state index < -0.39 is 39.2 Å². The number of nitro groups is 1. The molecule has 0 aromatic heterocycles. The van der Waals surface area contributed by atoms with Crippen molar-refractivity contribution in [2.75, 3.05) is 12.8 Å². The molecule has 142 valence electrons. The van der Waals surface area contributed by atoms with Gasteiger partial charge in [-0.05, 0) is 17.7 Å². The Bertz CT molecular complexity index is 806.